The summed E-state index contributed by atoms with van der Waals surface area (Å²) in [6.45, 7) is 2.61. The van der Waals surface area contributed by atoms with Crippen LogP contribution in [0.3, 0.4) is 0 Å². The molecule has 0 saturated carbocycles. The summed E-state index contributed by atoms with van der Waals surface area (Å²) in [7, 11) is 0. The van der Waals surface area contributed by atoms with Crippen molar-refractivity contribution >= 4 is 10.8 Å². The zero-order chi connectivity index (χ0) is 27.6. The standard InChI is InChI=1S/C34H34F3NO/c1-2-3-4-5-6-19-39-29-21-32(35)31(33(36)22-29)18-13-25-12-17-30-28(20-25)16-15-27(34(30)37)14-11-24-7-9-26(23-38)10-8-24/h7-10,12,15-17,20-22H,2-6,11,13-14,18-19H2,1H3. The van der Waals surface area contributed by atoms with Gasteiger partial charge in [0.25, 0.3) is 0 Å². The number of benzene rings is 4. The van der Waals surface area contributed by atoms with Crippen molar-refractivity contribution in [3.8, 4) is 11.8 Å². The first kappa shape index (κ1) is 28.2. The molecule has 0 bridgehead atoms. The van der Waals surface area contributed by atoms with Crippen LogP contribution < -0.4 is 4.74 Å². The average Bonchev–Trinajstić information content (AvgIpc) is 2.94. The van der Waals surface area contributed by atoms with Gasteiger partial charge in [-0.3, -0.25) is 0 Å². The Morgan fingerprint density at radius 2 is 1.41 bits per heavy atom. The smallest absolute Gasteiger partial charge is 0.134 e. The van der Waals surface area contributed by atoms with Crippen LogP contribution in [0.2, 0.25) is 0 Å². The fourth-order valence-electron chi connectivity index (χ4n) is 4.83. The van der Waals surface area contributed by atoms with Crippen LogP contribution in [0.1, 0.15) is 66.8 Å². The molecule has 0 N–H and O–H groups in total. The Balaban J connectivity index is 1.36. The Bertz CT molecular complexity index is 1420. The van der Waals surface area contributed by atoms with Gasteiger partial charge < -0.3 is 4.74 Å². The summed E-state index contributed by atoms with van der Waals surface area (Å²) in [5, 5.41) is 10.2. The second-order valence-electron chi connectivity index (χ2n) is 10.0. The summed E-state index contributed by atoms with van der Waals surface area (Å²) < 4.78 is 50.2. The van der Waals surface area contributed by atoms with Crippen molar-refractivity contribution in [2.24, 2.45) is 0 Å². The summed E-state index contributed by atoms with van der Waals surface area (Å²) >= 11 is 0. The first-order valence-electron chi connectivity index (χ1n) is 13.8. The zero-order valence-corrected chi connectivity index (χ0v) is 22.4. The van der Waals surface area contributed by atoms with E-state index < -0.39 is 11.6 Å². The number of nitriles is 1. The molecule has 0 aliphatic heterocycles. The Labute approximate surface area is 229 Å². The summed E-state index contributed by atoms with van der Waals surface area (Å²) in [6, 6.07) is 21.1. The highest BCUT2D eigenvalue weighted by molar-refractivity contribution is 5.84. The minimum Gasteiger partial charge on any atom is -0.493 e. The van der Waals surface area contributed by atoms with Gasteiger partial charge in [-0.15, -0.1) is 0 Å². The predicted molar refractivity (Wildman–Crippen MR) is 150 cm³/mol. The summed E-state index contributed by atoms with van der Waals surface area (Å²) in [5.41, 5.74) is 3.21. The average molecular weight is 530 g/mol. The molecule has 0 fully saturated rings. The highest BCUT2D eigenvalue weighted by Crippen LogP contribution is 2.26. The first-order valence-corrected chi connectivity index (χ1v) is 13.8. The number of fused-ring (bicyclic) bond motifs is 1. The third kappa shape index (κ3) is 7.63. The maximum atomic E-state index is 15.2. The Hall–Kier alpha value is -3.78. The molecule has 0 atom stereocenters. The van der Waals surface area contributed by atoms with Gasteiger partial charge in [0, 0.05) is 23.1 Å². The Morgan fingerprint density at radius 1 is 0.718 bits per heavy atom. The molecule has 0 spiro atoms. The monoisotopic (exact) mass is 529 g/mol. The SMILES string of the molecule is CCCCCCCOc1cc(F)c(CCc2ccc3c(F)c(CCc4ccc(C#N)cc4)ccc3c2)c(F)c1. The number of unbranched alkanes of at least 4 members (excludes halogenated alkanes) is 4. The van der Waals surface area contributed by atoms with Crippen molar-refractivity contribution in [3.05, 3.63) is 112 Å². The van der Waals surface area contributed by atoms with Gasteiger partial charge in [-0.25, -0.2) is 13.2 Å². The van der Waals surface area contributed by atoms with Crippen LogP contribution in [0.15, 0.2) is 66.7 Å². The predicted octanol–water partition coefficient (Wildman–Crippen LogP) is 9.05. The normalized spacial score (nSPS) is 11.1. The zero-order valence-electron chi connectivity index (χ0n) is 22.4. The summed E-state index contributed by atoms with van der Waals surface area (Å²) in [6.07, 6.45) is 7.26. The van der Waals surface area contributed by atoms with E-state index in [9.17, 15) is 8.78 Å². The lowest BCUT2D eigenvalue weighted by molar-refractivity contribution is 0.301. The molecule has 202 valence electrons. The second-order valence-corrected chi connectivity index (χ2v) is 10.0. The van der Waals surface area contributed by atoms with Crippen molar-refractivity contribution < 1.29 is 17.9 Å². The number of hydrogen-bond donors (Lipinski definition) is 0. The number of nitrogens with zero attached hydrogens (tertiary/aromatic N) is 1. The number of rotatable bonds is 13. The summed E-state index contributed by atoms with van der Waals surface area (Å²) in [5.74, 6) is -1.23. The maximum Gasteiger partial charge on any atom is 0.134 e. The lowest BCUT2D eigenvalue weighted by Crippen LogP contribution is -2.03. The van der Waals surface area contributed by atoms with E-state index in [0.717, 1.165) is 42.2 Å². The number of hydrogen-bond acceptors (Lipinski definition) is 2. The van der Waals surface area contributed by atoms with E-state index in [-0.39, 0.29) is 23.6 Å². The van der Waals surface area contributed by atoms with Gasteiger partial charge in [0.15, 0.2) is 0 Å². The van der Waals surface area contributed by atoms with Crippen LogP contribution in [0.25, 0.3) is 10.8 Å². The third-order valence-corrected chi connectivity index (χ3v) is 7.16. The fourth-order valence-corrected chi connectivity index (χ4v) is 4.83. The van der Waals surface area contributed by atoms with Crippen molar-refractivity contribution in [3.63, 3.8) is 0 Å². The molecule has 2 nitrogen and oxygen atoms in total. The minimum absolute atomic E-state index is 0.0368. The topological polar surface area (TPSA) is 33.0 Å². The van der Waals surface area contributed by atoms with Gasteiger partial charge in [-0.1, -0.05) is 75.1 Å². The van der Waals surface area contributed by atoms with Gasteiger partial charge in [0.2, 0.25) is 0 Å². The molecule has 0 radical (unpaired) electrons. The van der Waals surface area contributed by atoms with Crippen molar-refractivity contribution in [2.75, 3.05) is 6.61 Å². The molecule has 0 amide bonds. The molecule has 39 heavy (non-hydrogen) atoms. The van der Waals surface area contributed by atoms with Gasteiger partial charge in [-0.2, -0.15) is 5.26 Å². The molecule has 4 aromatic carbocycles. The van der Waals surface area contributed by atoms with Crippen LogP contribution in [0.5, 0.6) is 5.75 Å². The van der Waals surface area contributed by atoms with E-state index in [1.807, 2.05) is 30.3 Å². The molecule has 0 aromatic heterocycles. The van der Waals surface area contributed by atoms with E-state index >= 15 is 4.39 Å². The Morgan fingerprint density at radius 3 is 2.13 bits per heavy atom. The molecular formula is C34H34F3NO. The number of ether oxygens (including phenoxy) is 1. The molecule has 0 saturated heterocycles. The molecule has 5 heteroatoms. The van der Waals surface area contributed by atoms with Crippen molar-refractivity contribution in [1.82, 2.24) is 0 Å². The van der Waals surface area contributed by atoms with E-state index in [4.69, 9.17) is 10.00 Å². The molecule has 0 aliphatic rings. The van der Waals surface area contributed by atoms with E-state index in [2.05, 4.69) is 13.0 Å². The highest BCUT2D eigenvalue weighted by atomic mass is 19.1. The maximum absolute atomic E-state index is 15.2. The fraction of sp³-hybridized carbons (Fsp3) is 0.324. The van der Waals surface area contributed by atoms with Crippen LogP contribution in [0, 0.1) is 28.8 Å². The molecule has 0 heterocycles. The van der Waals surface area contributed by atoms with E-state index in [1.165, 1.54) is 18.6 Å². The summed E-state index contributed by atoms with van der Waals surface area (Å²) in [4.78, 5) is 0. The third-order valence-electron chi connectivity index (χ3n) is 7.16. The van der Waals surface area contributed by atoms with Crippen LogP contribution in [-0.2, 0) is 25.7 Å². The minimum atomic E-state index is -0.602. The van der Waals surface area contributed by atoms with Crippen LogP contribution in [0.4, 0.5) is 13.2 Å². The Kier molecular flexibility index (Phi) is 10.0. The van der Waals surface area contributed by atoms with Gasteiger partial charge in [-0.05, 0) is 66.3 Å². The molecule has 0 unspecified atom stereocenters. The molecule has 0 aliphatic carbocycles. The highest BCUT2D eigenvalue weighted by Gasteiger charge is 2.13. The van der Waals surface area contributed by atoms with E-state index in [0.29, 0.717) is 42.4 Å². The van der Waals surface area contributed by atoms with Crippen molar-refractivity contribution in [1.29, 1.82) is 5.26 Å². The van der Waals surface area contributed by atoms with Gasteiger partial charge >= 0.3 is 0 Å². The first-order chi connectivity index (χ1) is 19.0. The van der Waals surface area contributed by atoms with E-state index in [1.54, 1.807) is 24.3 Å². The lowest BCUT2D eigenvalue weighted by atomic mass is 9.97. The quantitative estimate of drug-likeness (QED) is 0.162. The van der Waals surface area contributed by atoms with Gasteiger partial charge in [0.1, 0.15) is 23.2 Å². The second kappa shape index (κ2) is 13.8. The van der Waals surface area contributed by atoms with Crippen molar-refractivity contribution in [2.45, 2.75) is 64.7 Å². The molecule has 4 rings (SSSR count). The number of aryl methyl sites for hydroxylation is 3. The number of halogens is 3. The van der Waals surface area contributed by atoms with Crippen LogP contribution >= 0.6 is 0 Å². The molecule has 4 aromatic rings. The molecular weight excluding hydrogens is 495 g/mol. The van der Waals surface area contributed by atoms with Gasteiger partial charge in [0.05, 0.1) is 18.2 Å². The largest absolute Gasteiger partial charge is 0.493 e. The van der Waals surface area contributed by atoms with Crippen LogP contribution in [-0.4, -0.2) is 6.61 Å². The lowest BCUT2D eigenvalue weighted by Gasteiger charge is -2.11.